The Bertz CT molecular complexity index is 1360. The molecule has 2 atom stereocenters. The first-order valence-corrected chi connectivity index (χ1v) is 36.4. The molecule has 0 aliphatic heterocycles. The predicted molar refractivity (Wildman–Crippen MR) is 356 cm³/mol. The number of aliphatic hydroxyl groups excluding tert-OH is 2. The van der Waals surface area contributed by atoms with Crippen LogP contribution in [0.2, 0.25) is 0 Å². The minimum atomic E-state index is -0.851. The van der Waals surface area contributed by atoms with E-state index in [-0.39, 0.29) is 18.5 Å². The number of hydrogen-bond acceptors (Lipinski definition) is 5. The lowest BCUT2D eigenvalue weighted by molar-refractivity contribution is -0.143. The Labute approximate surface area is 506 Å². The van der Waals surface area contributed by atoms with Crippen molar-refractivity contribution in [3.05, 3.63) is 48.6 Å². The van der Waals surface area contributed by atoms with Gasteiger partial charge in [-0.3, -0.25) is 9.59 Å². The largest absolute Gasteiger partial charge is 0.465 e. The molecular formula is C75H141NO5. The molecule has 0 aliphatic rings. The van der Waals surface area contributed by atoms with E-state index in [0.717, 1.165) is 51.4 Å². The molecule has 6 nitrogen and oxygen atoms in total. The normalized spacial score (nSPS) is 12.8. The molecule has 0 aliphatic carbocycles. The number of esters is 1. The third-order valence-electron chi connectivity index (χ3n) is 16.8. The summed E-state index contributed by atoms with van der Waals surface area (Å²) in [7, 11) is 0. The molecule has 0 radical (unpaired) electrons. The van der Waals surface area contributed by atoms with Crippen LogP contribution in [0.1, 0.15) is 393 Å². The van der Waals surface area contributed by atoms with Gasteiger partial charge in [0.25, 0.3) is 0 Å². The van der Waals surface area contributed by atoms with Crippen LogP contribution in [-0.2, 0) is 14.3 Å². The van der Waals surface area contributed by atoms with Gasteiger partial charge in [-0.25, -0.2) is 0 Å². The number of ether oxygens (including phenoxy) is 1. The van der Waals surface area contributed by atoms with Gasteiger partial charge in [-0.15, -0.1) is 0 Å². The van der Waals surface area contributed by atoms with Crippen molar-refractivity contribution >= 4 is 11.9 Å². The molecule has 3 N–H and O–H groups in total. The van der Waals surface area contributed by atoms with Crippen molar-refractivity contribution in [2.24, 2.45) is 0 Å². The van der Waals surface area contributed by atoms with Gasteiger partial charge in [0.05, 0.1) is 25.4 Å². The molecule has 476 valence electrons. The van der Waals surface area contributed by atoms with Crippen LogP contribution in [0, 0.1) is 0 Å². The van der Waals surface area contributed by atoms with Crippen LogP contribution in [0.5, 0.6) is 0 Å². The Hall–Kier alpha value is -2.18. The van der Waals surface area contributed by atoms with E-state index in [1.54, 1.807) is 6.08 Å². The topological polar surface area (TPSA) is 95.9 Å². The molecule has 0 saturated carbocycles. The number of carbonyl (C=O) groups is 2. The van der Waals surface area contributed by atoms with E-state index in [1.807, 2.05) is 6.08 Å². The quantitative estimate of drug-likeness (QED) is 0.0320. The maximum atomic E-state index is 12.5. The number of allylic oxidation sites excluding steroid dienone is 6. The lowest BCUT2D eigenvalue weighted by Gasteiger charge is -2.20. The molecule has 1 amide bonds. The SMILES string of the molecule is CCCCCCCCC/C=C\CCCCCCCCCC(=O)OCC/C=C\C/C=C\CCCCCCCCCCCCCCCCC(=O)NC(CO)C(O)/C=C/CCCCCCCCCCCCCCCCCCCCCCCCC. The van der Waals surface area contributed by atoms with E-state index in [9.17, 15) is 19.8 Å². The van der Waals surface area contributed by atoms with Crippen LogP contribution in [0.3, 0.4) is 0 Å². The monoisotopic (exact) mass is 1140 g/mol. The van der Waals surface area contributed by atoms with Crippen LogP contribution < -0.4 is 5.32 Å². The minimum Gasteiger partial charge on any atom is -0.465 e. The summed E-state index contributed by atoms with van der Waals surface area (Å²) in [6.07, 6.45) is 92.1. The van der Waals surface area contributed by atoms with Crippen molar-refractivity contribution in [2.45, 2.75) is 405 Å². The first kappa shape index (κ1) is 78.8. The molecule has 0 saturated heterocycles. The van der Waals surface area contributed by atoms with Crippen LogP contribution in [-0.4, -0.2) is 47.4 Å². The summed E-state index contributed by atoms with van der Waals surface area (Å²) >= 11 is 0. The van der Waals surface area contributed by atoms with Gasteiger partial charge in [0.1, 0.15) is 0 Å². The fourth-order valence-electron chi connectivity index (χ4n) is 11.3. The average Bonchev–Trinajstić information content (AvgIpc) is 3.47. The summed E-state index contributed by atoms with van der Waals surface area (Å²) in [5.41, 5.74) is 0. The van der Waals surface area contributed by atoms with Crippen molar-refractivity contribution in [3.8, 4) is 0 Å². The molecule has 6 heteroatoms. The fraction of sp³-hybridized carbons (Fsp3) is 0.867. The number of aliphatic hydroxyl groups is 2. The van der Waals surface area contributed by atoms with Crippen molar-refractivity contribution in [1.29, 1.82) is 0 Å². The molecule has 0 aromatic carbocycles. The van der Waals surface area contributed by atoms with E-state index in [4.69, 9.17) is 4.74 Å². The highest BCUT2D eigenvalue weighted by Gasteiger charge is 2.18. The van der Waals surface area contributed by atoms with E-state index >= 15 is 0 Å². The number of nitrogens with one attached hydrogen (secondary N) is 1. The van der Waals surface area contributed by atoms with E-state index in [2.05, 4.69) is 55.6 Å². The number of carbonyl (C=O) groups excluding carboxylic acids is 2. The third kappa shape index (κ3) is 66.8. The maximum Gasteiger partial charge on any atom is 0.305 e. The fourth-order valence-corrected chi connectivity index (χ4v) is 11.3. The lowest BCUT2D eigenvalue weighted by Crippen LogP contribution is -2.45. The number of rotatable bonds is 68. The third-order valence-corrected chi connectivity index (χ3v) is 16.8. The predicted octanol–water partition coefficient (Wildman–Crippen LogP) is 23.6. The van der Waals surface area contributed by atoms with Gasteiger partial charge in [0.15, 0.2) is 0 Å². The van der Waals surface area contributed by atoms with Crippen LogP contribution >= 0.6 is 0 Å². The molecule has 0 bridgehead atoms. The van der Waals surface area contributed by atoms with Gasteiger partial charge >= 0.3 is 5.97 Å². The zero-order valence-electron chi connectivity index (χ0n) is 54.5. The Morgan fingerprint density at radius 1 is 0.346 bits per heavy atom. The number of hydrogen-bond donors (Lipinski definition) is 3. The Kier molecular flexibility index (Phi) is 68.4. The van der Waals surface area contributed by atoms with Crippen molar-refractivity contribution in [2.75, 3.05) is 13.2 Å². The number of unbranched alkanes of at least 4 members (excludes halogenated alkanes) is 51. The van der Waals surface area contributed by atoms with E-state index < -0.39 is 12.1 Å². The van der Waals surface area contributed by atoms with Crippen molar-refractivity contribution in [1.82, 2.24) is 5.32 Å². The first-order chi connectivity index (χ1) is 40.0. The van der Waals surface area contributed by atoms with Gasteiger partial charge in [0.2, 0.25) is 5.91 Å². The van der Waals surface area contributed by atoms with Crippen molar-refractivity contribution in [3.63, 3.8) is 0 Å². The standard InChI is InChI=1S/C75H141NO5/c1-3-5-7-9-11-13-15-17-19-21-23-24-25-26-27-29-32-35-39-43-47-51-55-59-63-67-73(78)72(71-77)76-74(79)68-64-60-56-52-48-44-40-36-33-30-28-31-34-38-42-46-50-54-58-62-66-70-81-75(80)69-65-61-57-53-49-45-41-37-22-20-18-16-14-12-10-8-6-4-2/h20,22,46,50,58,62-63,67,72-73,77-78H,3-19,21,23-45,47-49,51-57,59-61,64-66,68-71H2,1-2H3,(H,76,79)/b22-20-,50-46-,62-58-,67-63+. The summed E-state index contributed by atoms with van der Waals surface area (Å²) < 4.78 is 5.44. The van der Waals surface area contributed by atoms with Gasteiger partial charge < -0.3 is 20.3 Å². The summed E-state index contributed by atoms with van der Waals surface area (Å²) in [6, 6.07) is -0.634. The van der Waals surface area contributed by atoms with Crippen LogP contribution in [0.25, 0.3) is 0 Å². The zero-order chi connectivity index (χ0) is 58.5. The molecule has 2 unspecified atom stereocenters. The van der Waals surface area contributed by atoms with Gasteiger partial charge in [-0.2, -0.15) is 0 Å². The zero-order valence-corrected chi connectivity index (χ0v) is 54.5. The van der Waals surface area contributed by atoms with Crippen LogP contribution in [0.4, 0.5) is 0 Å². The van der Waals surface area contributed by atoms with E-state index in [1.165, 1.54) is 315 Å². The molecule has 0 aromatic heterocycles. The number of amides is 1. The second-order valence-electron chi connectivity index (χ2n) is 24.9. The molecule has 81 heavy (non-hydrogen) atoms. The summed E-state index contributed by atoms with van der Waals surface area (Å²) in [4.78, 5) is 24.6. The molecule has 0 rings (SSSR count). The Morgan fingerprint density at radius 3 is 0.951 bits per heavy atom. The van der Waals surface area contributed by atoms with E-state index in [0.29, 0.717) is 19.4 Å². The van der Waals surface area contributed by atoms with Gasteiger partial charge in [-0.1, -0.05) is 351 Å². The summed E-state index contributed by atoms with van der Waals surface area (Å²) in [5, 5.41) is 23.3. The smallest absolute Gasteiger partial charge is 0.305 e. The van der Waals surface area contributed by atoms with Crippen molar-refractivity contribution < 1.29 is 24.5 Å². The average molecular weight is 1140 g/mol. The summed E-state index contributed by atoms with van der Waals surface area (Å²) in [5.74, 6) is -0.107. The maximum absolute atomic E-state index is 12.5. The Morgan fingerprint density at radius 2 is 0.617 bits per heavy atom. The lowest BCUT2D eigenvalue weighted by atomic mass is 10.0. The van der Waals surface area contributed by atoms with Gasteiger partial charge in [0, 0.05) is 12.8 Å². The van der Waals surface area contributed by atoms with Gasteiger partial charge in [-0.05, 0) is 77.0 Å². The molecule has 0 aromatic rings. The second-order valence-corrected chi connectivity index (χ2v) is 24.9. The molecule has 0 heterocycles. The highest BCUT2D eigenvalue weighted by atomic mass is 16.5. The highest BCUT2D eigenvalue weighted by Crippen LogP contribution is 2.18. The Balaban J connectivity index is 3.47. The molecular weight excluding hydrogens is 995 g/mol. The molecule has 0 fully saturated rings. The first-order valence-electron chi connectivity index (χ1n) is 36.4. The summed E-state index contributed by atoms with van der Waals surface area (Å²) in [6.45, 7) is 4.82. The second kappa shape index (κ2) is 70.3. The van der Waals surface area contributed by atoms with Crippen LogP contribution in [0.15, 0.2) is 48.6 Å². The minimum absolute atomic E-state index is 0.0382. The highest BCUT2D eigenvalue weighted by molar-refractivity contribution is 5.76. The molecule has 0 spiro atoms.